The van der Waals surface area contributed by atoms with Gasteiger partial charge in [-0.1, -0.05) is 0 Å². The number of pyridine rings is 2. The molecular formula is C14H11N5O. The summed E-state index contributed by atoms with van der Waals surface area (Å²) in [6.45, 7) is 0.437. The van der Waals surface area contributed by atoms with E-state index in [1.165, 1.54) is 6.33 Å². The van der Waals surface area contributed by atoms with Crippen LogP contribution in [-0.2, 0) is 6.54 Å². The molecule has 3 aromatic rings. The molecule has 6 nitrogen and oxygen atoms in total. The number of aromatic nitrogens is 4. The van der Waals surface area contributed by atoms with Gasteiger partial charge in [-0.05, 0) is 23.8 Å². The molecule has 0 aliphatic rings. The van der Waals surface area contributed by atoms with E-state index in [-0.39, 0.29) is 5.91 Å². The Labute approximate surface area is 114 Å². The SMILES string of the molecule is O=C(NCc1ccncc1)c1cc2cncnc2cn1. The van der Waals surface area contributed by atoms with Crippen molar-refractivity contribution < 1.29 is 4.79 Å². The number of rotatable bonds is 3. The van der Waals surface area contributed by atoms with Gasteiger partial charge in [0.05, 0.1) is 11.7 Å². The molecule has 3 rings (SSSR count). The van der Waals surface area contributed by atoms with E-state index in [0.29, 0.717) is 17.8 Å². The van der Waals surface area contributed by atoms with Crippen molar-refractivity contribution in [2.75, 3.05) is 0 Å². The summed E-state index contributed by atoms with van der Waals surface area (Å²) in [5, 5.41) is 3.60. The molecule has 0 aliphatic carbocycles. The van der Waals surface area contributed by atoms with Gasteiger partial charge in [-0.15, -0.1) is 0 Å². The fourth-order valence-electron chi connectivity index (χ4n) is 1.78. The molecule has 98 valence electrons. The van der Waals surface area contributed by atoms with Crippen molar-refractivity contribution in [1.82, 2.24) is 25.3 Å². The third-order valence-electron chi connectivity index (χ3n) is 2.83. The van der Waals surface area contributed by atoms with E-state index in [1.807, 2.05) is 12.1 Å². The van der Waals surface area contributed by atoms with Crippen LogP contribution in [0.5, 0.6) is 0 Å². The van der Waals surface area contributed by atoms with Crippen molar-refractivity contribution in [2.24, 2.45) is 0 Å². The first kappa shape index (κ1) is 12.2. The lowest BCUT2D eigenvalue weighted by Gasteiger charge is -2.05. The van der Waals surface area contributed by atoms with Crippen LogP contribution in [0.1, 0.15) is 16.1 Å². The largest absolute Gasteiger partial charge is 0.347 e. The number of fused-ring (bicyclic) bond motifs is 1. The third-order valence-corrected chi connectivity index (χ3v) is 2.83. The summed E-state index contributed by atoms with van der Waals surface area (Å²) in [5.74, 6) is -0.229. The Kier molecular flexibility index (Phi) is 3.28. The van der Waals surface area contributed by atoms with E-state index in [4.69, 9.17) is 0 Å². The van der Waals surface area contributed by atoms with Gasteiger partial charge in [0.15, 0.2) is 0 Å². The van der Waals surface area contributed by atoms with Crippen LogP contribution in [0.2, 0.25) is 0 Å². The maximum atomic E-state index is 12.0. The van der Waals surface area contributed by atoms with Crippen molar-refractivity contribution in [3.8, 4) is 0 Å². The van der Waals surface area contributed by atoms with Gasteiger partial charge in [0.2, 0.25) is 0 Å². The zero-order valence-corrected chi connectivity index (χ0v) is 10.5. The second-order valence-electron chi connectivity index (χ2n) is 4.19. The number of carbonyl (C=O) groups is 1. The Bertz CT molecular complexity index is 745. The second-order valence-corrected chi connectivity index (χ2v) is 4.19. The van der Waals surface area contributed by atoms with Gasteiger partial charge in [0.1, 0.15) is 12.0 Å². The first-order chi connectivity index (χ1) is 9.83. The van der Waals surface area contributed by atoms with Gasteiger partial charge in [0, 0.05) is 30.5 Å². The van der Waals surface area contributed by atoms with Crippen molar-refractivity contribution >= 4 is 16.8 Å². The quantitative estimate of drug-likeness (QED) is 0.773. The molecule has 20 heavy (non-hydrogen) atoms. The highest BCUT2D eigenvalue weighted by molar-refractivity contribution is 5.95. The monoisotopic (exact) mass is 265 g/mol. The molecule has 0 radical (unpaired) electrons. The summed E-state index contributed by atoms with van der Waals surface area (Å²) < 4.78 is 0. The minimum Gasteiger partial charge on any atom is -0.347 e. The van der Waals surface area contributed by atoms with E-state index in [9.17, 15) is 4.79 Å². The number of nitrogens with zero attached hydrogens (tertiary/aromatic N) is 4. The molecule has 3 heterocycles. The summed E-state index contributed by atoms with van der Waals surface area (Å²) in [5.41, 5.74) is 2.05. The molecule has 0 bridgehead atoms. The molecular weight excluding hydrogens is 254 g/mol. The molecule has 0 saturated carbocycles. The predicted molar refractivity (Wildman–Crippen MR) is 72.7 cm³/mol. The molecule has 6 heteroatoms. The van der Waals surface area contributed by atoms with Gasteiger partial charge in [-0.25, -0.2) is 15.0 Å². The van der Waals surface area contributed by atoms with Crippen LogP contribution < -0.4 is 5.32 Å². The summed E-state index contributed by atoms with van der Waals surface area (Å²) in [6.07, 6.45) is 8.05. The lowest BCUT2D eigenvalue weighted by molar-refractivity contribution is 0.0946. The number of nitrogens with one attached hydrogen (secondary N) is 1. The number of amides is 1. The highest BCUT2D eigenvalue weighted by Gasteiger charge is 2.08. The lowest BCUT2D eigenvalue weighted by atomic mass is 10.2. The highest BCUT2D eigenvalue weighted by Crippen LogP contribution is 2.09. The highest BCUT2D eigenvalue weighted by atomic mass is 16.1. The minimum absolute atomic E-state index is 0.229. The summed E-state index contributed by atoms with van der Waals surface area (Å²) >= 11 is 0. The van der Waals surface area contributed by atoms with E-state index >= 15 is 0 Å². The van der Waals surface area contributed by atoms with Crippen LogP contribution in [0.3, 0.4) is 0 Å². The normalized spacial score (nSPS) is 10.4. The van der Waals surface area contributed by atoms with Crippen LogP contribution in [0.15, 0.2) is 49.3 Å². The van der Waals surface area contributed by atoms with Gasteiger partial charge >= 0.3 is 0 Å². The molecule has 3 aromatic heterocycles. The first-order valence-corrected chi connectivity index (χ1v) is 6.06. The predicted octanol–water partition coefficient (Wildman–Crippen LogP) is 1.35. The van der Waals surface area contributed by atoms with Crippen molar-refractivity contribution in [3.63, 3.8) is 0 Å². The average molecular weight is 265 g/mol. The number of carbonyl (C=O) groups excluding carboxylic acids is 1. The second kappa shape index (κ2) is 5.40. The van der Waals surface area contributed by atoms with E-state index in [0.717, 1.165) is 10.9 Å². The maximum absolute atomic E-state index is 12.0. The van der Waals surface area contributed by atoms with Crippen LogP contribution in [0, 0.1) is 0 Å². The summed E-state index contributed by atoms with van der Waals surface area (Å²) in [6, 6.07) is 5.38. The van der Waals surface area contributed by atoms with Gasteiger partial charge in [-0.3, -0.25) is 9.78 Å². The molecule has 0 saturated heterocycles. The fraction of sp³-hybridized carbons (Fsp3) is 0.0714. The van der Waals surface area contributed by atoms with Crippen LogP contribution in [0.4, 0.5) is 0 Å². The summed E-state index contributed by atoms with van der Waals surface area (Å²) in [4.78, 5) is 28.1. The Morgan fingerprint density at radius 3 is 2.80 bits per heavy atom. The zero-order chi connectivity index (χ0) is 13.8. The Morgan fingerprint density at radius 2 is 1.95 bits per heavy atom. The average Bonchev–Trinajstić information content (AvgIpc) is 2.53. The first-order valence-electron chi connectivity index (χ1n) is 6.06. The van der Waals surface area contributed by atoms with Crippen LogP contribution in [0.25, 0.3) is 10.9 Å². The molecule has 0 unspecified atom stereocenters. The van der Waals surface area contributed by atoms with Crippen LogP contribution in [-0.4, -0.2) is 25.8 Å². The van der Waals surface area contributed by atoms with Gasteiger partial charge in [0.25, 0.3) is 5.91 Å². The van der Waals surface area contributed by atoms with E-state index in [1.54, 1.807) is 30.9 Å². The van der Waals surface area contributed by atoms with Crippen molar-refractivity contribution in [3.05, 3.63) is 60.6 Å². The fourth-order valence-corrected chi connectivity index (χ4v) is 1.78. The molecule has 0 aliphatic heterocycles. The number of hydrogen-bond donors (Lipinski definition) is 1. The van der Waals surface area contributed by atoms with E-state index < -0.39 is 0 Å². The molecule has 1 N–H and O–H groups in total. The summed E-state index contributed by atoms with van der Waals surface area (Å²) in [7, 11) is 0. The Morgan fingerprint density at radius 1 is 1.10 bits per heavy atom. The Hall–Kier alpha value is -2.89. The van der Waals surface area contributed by atoms with Gasteiger partial charge in [-0.2, -0.15) is 0 Å². The minimum atomic E-state index is -0.229. The standard InChI is InChI=1S/C14H11N5O/c20-14(18-6-10-1-3-15-4-2-10)12-5-11-7-16-9-19-13(11)8-17-12/h1-5,7-9H,6H2,(H,18,20). The lowest BCUT2D eigenvalue weighted by Crippen LogP contribution is -2.23. The van der Waals surface area contributed by atoms with Crippen molar-refractivity contribution in [1.29, 1.82) is 0 Å². The molecule has 0 fully saturated rings. The third kappa shape index (κ3) is 2.59. The zero-order valence-electron chi connectivity index (χ0n) is 10.5. The number of hydrogen-bond acceptors (Lipinski definition) is 5. The molecule has 0 spiro atoms. The smallest absolute Gasteiger partial charge is 0.270 e. The van der Waals surface area contributed by atoms with Crippen LogP contribution >= 0.6 is 0 Å². The van der Waals surface area contributed by atoms with Gasteiger partial charge < -0.3 is 5.32 Å². The molecule has 0 aromatic carbocycles. The topological polar surface area (TPSA) is 80.7 Å². The van der Waals surface area contributed by atoms with E-state index in [2.05, 4.69) is 25.3 Å². The molecule has 0 atom stereocenters. The maximum Gasteiger partial charge on any atom is 0.270 e. The van der Waals surface area contributed by atoms with Crippen molar-refractivity contribution in [2.45, 2.75) is 6.54 Å². The molecule has 1 amide bonds. The Balaban J connectivity index is 1.75.